The maximum Gasteiger partial charge on any atom is 0.0225 e. The van der Waals surface area contributed by atoms with Gasteiger partial charge in [0.2, 0.25) is 0 Å². The molecule has 12 heavy (non-hydrogen) atoms. The monoisotopic (exact) mass is 203 g/mol. The lowest BCUT2D eigenvalue weighted by atomic mass is 10.3. The van der Waals surface area contributed by atoms with E-state index in [2.05, 4.69) is 31.5 Å². The molecule has 1 aliphatic heterocycles. The first-order valence-electron chi connectivity index (χ1n) is 4.61. The summed E-state index contributed by atoms with van der Waals surface area (Å²) in [6, 6.07) is 0. The van der Waals surface area contributed by atoms with Crippen LogP contribution in [0.5, 0.6) is 0 Å². The fraction of sp³-hybridized carbons (Fsp3) is 0.778. The van der Waals surface area contributed by atoms with E-state index in [1.165, 1.54) is 11.7 Å². The summed E-state index contributed by atoms with van der Waals surface area (Å²) < 4.78 is 2.50. The highest BCUT2D eigenvalue weighted by Gasteiger charge is 2.26. The van der Waals surface area contributed by atoms with Crippen molar-refractivity contribution < 1.29 is 0 Å². The fourth-order valence-corrected chi connectivity index (χ4v) is 6.40. The van der Waals surface area contributed by atoms with Gasteiger partial charge in [-0.1, -0.05) is 37.3 Å². The number of hydrogen-bond donors (Lipinski definition) is 0. The molecule has 0 aromatic carbocycles. The van der Waals surface area contributed by atoms with Gasteiger partial charge < -0.3 is 0 Å². The van der Waals surface area contributed by atoms with Gasteiger partial charge in [0, 0.05) is 18.5 Å². The average molecular weight is 203 g/mol. The topological polar surface area (TPSA) is 3.24 Å². The van der Waals surface area contributed by atoms with Crippen molar-refractivity contribution in [2.75, 3.05) is 25.4 Å². The van der Waals surface area contributed by atoms with Gasteiger partial charge in [-0.3, -0.25) is 4.67 Å². The molecule has 0 aromatic heterocycles. The Bertz CT molecular complexity index is 231. The molecule has 1 aliphatic rings. The molecule has 1 rings (SSSR count). The molecule has 0 aliphatic carbocycles. The molecule has 0 spiro atoms. The van der Waals surface area contributed by atoms with E-state index >= 15 is 0 Å². The van der Waals surface area contributed by atoms with Crippen LogP contribution in [0.2, 0.25) is 0 Å². The van der Waals surface area contributed by atoms with E-state index in [4.69, 9.17) is 11.8 Å². The lowest BCUT2D eigenvalue weighted by molar-refractivity contribution is 0.507. The van der Waals surface area contributed by atoms with Crippen molar-refractivity contribution in [1.29, 1.82) is 0 Å². The van der Waals surface area contributed by atoms with E-state index in [1.807, 2.05) is 0 Å². The predicted octanol–water partition coefficient (Wildman–Crippen LogP) is 2.68. The first-order valence-corrected chi connectivity index (χ1v) is 7.74. The van der Waals surface area contributed by atoms with Crippen molar-refractivity contribution in [1.82, 2.24) is 4.67 Å². The van der Waals surface area contributed by atoms with E-state index in [9.17, 15) is 0 Å². The quantitative estimate of drug-likeness (QED) is 0.512. The maximum absolute atomic E-state index is 5.75. The Morgan fingerprint density at radius 1 is 1.50 bits per heavy atom. The van der Waals surface area contributed by atoms with Gasteiger partial charge in [-0.2, -0.15) is 0 Å². The summed E-state index contributed by atoms with van der Waals surface area (Å²) in [6.45, 7) is 8.87. The average Bonchev–Trinajstić information content (AvgIpc) is 2.34. The van der Waals surface area contributed by atoms with E-state index in [0.29, 0.717) is 0 Å². The molecular weight excluding hydrogens is 185 g/mol. The molecule has 0 fully saturated rings. The molecule has 70 valence electrons. The Hall–Kier alpha value is 0.350. The lowest BCUT2D eigenvalue weighted by Gasteiger charge is -2.30. The molecule has 3 heteroatoms. The third-order valence-electron chi connectivity index (χ3n) is 2.47. The Labute approximate surface area is 80.9 Å². The normalized spacial score (nSPS) is 29.5. The number of allylic oxidation sites excluding steroid dienone is 2. The number of hydrogen-bond acceptors (Lipinski definition) is 1. The second-order valence-corrected chi connectivity index (χ2v) is 8.36. The van der Waals surface area contributed by atoms with Crippen LogP contribution in [0.3, 0.4) is 0 Å². The van der Waals surface area contributed by atoms with Crippen molar-refractivity contribution in [3.05, 3.63) is 11.6 Å². The highest BCUT2D eigenvalue weighted by Crippen LogP contribution is 2.54. The molecule has 1 unspecified atom stereocenters. The highest BCUT2D eigenvalue weighted by atomic mass is 32.4. The zero-order chi connectivity index (χ0) is 9.19. The van der Waals surface area contributed by atoms with Crippen molar-refractivity contribution in [2.24, 2.45) is 0 Å². The molecule has 0 saturated carbocycles. The summed E-state index contributed by atoms with van der Waals surface area (Å²) in [5.41, 5.74) is 1.50. The summed E-state index contributed by atoms with van der Waals surface area (Å²) in [7, 11) is 0. The molecule has 1 atom stereocenters. The van der Waals surface area contributed by atoms with Crippen LogP contribution < -0.4 is 0 Å². The predicted molar refractivity (Wildman–Crippen MR) is 60.7 cm³/mol. The lowest BCUT2D eigenvalue weighted by Crippen LogP contribution is -2.20. The van der Waals surface area contributed by atoms with Crippen LogP contribution in [0.1, 0.15) is 20.8 Å². The van der Waals surface area contributed by atoms with Crippen LogP contribution in [-0.4, -0.2) is 30.1 Å². The molecule has 0 amide bonds. The van der Waals surface area contributed by atoms with Crippen molar-refractivity contribution in [2.45, 2.75) is 20.8 Å². The largest absolute Gasteiger partial charge is 0.275 e. The molecule has 1 heterocycles. The van der Waals surface area contributed by atoms with E-state index in [1.54, 1.807) is 0 Å². The number of nitrogens with zero attached hydrogens (tertiary/aromatic N) is 1. The van der Waals surface area contributed by atoms with Crippen LogP contribution in [0.15, 0.2) is 11.6 Å². The molecule has 0 aromatic rings. The van der Waals surface area contributed by atoms with E-state index in [-0.39, 0.29) is 0 Å². The molecule has 0 N–H and O–H groups in total. The zero-order valence-corrected chi connectivity index (χ0v) is 9.92. The first kappa shape index (κ1) is 10.4. The van der Waals surface area contributed by atoms with Gasteiger partial charge in [-0.25, -0.2) is 0 Å². The van der Waals surface area contributed by atoms with Gasteiger partial charge in [-0.05, 0) is 20.0 Å². The van der Waals surface area contributed by atoms with Crippen LogP contribution in [0.25, 0.3) is 0 Å². The second-order valence-electron chi connectivity index (χ2n) is 3.38. The smallest absolute Gasteiger partial charge is 0.0225 e. The van der Waals surface area contributed by atoms with Gasteiger partial charge in [0.1, 0.15) is 0 Å². The molecular formula is C9H18NPS. The first-order chi connectivity index (χ1) is 5.62. The third kappa shape index (κ3) is 1.99. The van der Waals surface area contributed by atoms with Gasteiger partial charge in [0.05, 0.1) is 0 Å². The van der Waals surface area contributed by atoms with Crippen molar-refractivity contribution in [3.63, 3.8) is 0 Å². The summed E-state index contributed by atoms with van der Waals surface area (Å²) in [5, 5.41) is 0. The highest BCUT2D eigenvalue weighted by molar-refractivity contribution is 8.13. The van der Waals surface area contributed by atoms with Gasteiger partial charge in [-0.15, -0.1) is 0 Å². The molecule has 0 radical (unpaired) electrons. The van der Waals surface area contributed by atoms with Crippen LogP contribution >= 0.6 is 6.19 Å². The van der Waals surface area contributed by atoms with Gasteiger partial charge >= 0.3 is 0 Å². The Morgan fingerprint density at radius 3 is 2.42 bits per heavy atom. The van der Waals surface area contributed by atoms with E-state index in [0.717, 1.165) is 19.3 Å². The SMILES string of the molecule is CCN(CC)P1(=S)CC=C(C)C1. The zero-order valence-electron chi connectivity index (χ0n) is 8.21. The summed E-state index contributed by atoms with van der Waals surface area (Å²) >= 11 is 5.75. The minimum Gasteiger partial charge on any atom is -0.275 e. The molecule has 1 nitrogen and oxygen atoms in total. The molecule has 0 saturated heterocycles. The third-order valence-corrected chi connectivity index (χ3v) is 7.34. The minimum atomic E-state index is -1.16. The maximum atomic E-state index is 5.75. The van der Waals surface area contributed by atoms with Gasteiger partial charge in [0.15, 0.2) is 0 Å². The van der Waals surface area contributed by atoms with Gasteiger partial charge in [0.25, 0.3) is 0 Å². The Balaban J connectivity index is 2.68. The Morgan fingerprint density at radius 2 is 2.08 bits per heavy atom. The van der Waals surface area contributed by atoms with E-state index < -0.39 is 6.19 Å². The number of rotatable bonds is 3. The van der Waals surface area contributed by atoms with Crippen molar-refractivity contribution >= 4 is 18.0 Å². The second kappa shape index (κ2) is 4.04. The summed E-state index contributed by atoms with van der Waals surface area (Å²) in [6.07, 6.45) is 3.52. The Kier molecular flexibility index (Phi) is 3.51. The minimum absolute atomic E-state index is 1.12. The fourth-order valence-electron chi connectivity index (χ4n) is 1.77. The summed E-state index contributed by atoms with van der Waals surface area (Å²) in [5.74, 6) is 0. The van der Waals surface area contributed by atoms with Crippen LogP contribution in [0.4, 0.5) is 0 Å². The standard InChI is InChI=1S/C9H18NPS/c1-4-10(5-2)11(12)7-6-9(3)8-11/h6H,4-5,7-8H2,1-3H3. The van der Waals surface area contributed by atoms with Crippen LogP contribution in [0, 0.1) is 0 Å². The summed E-state index contributed by atoms with van der Waals surface area (Å²) in [4.78, 5) is 0. The van der Waals surface area contributed by atoms with Crippen LogP contribution in [-0.2, 0) is 11.8 Å². The molecule has 0 bridgehead atoms. The van der Waals surface area contributed by atoms with Crippen molar-refractivity contribution in [3.8, 4) is 0 Å².